The molecule has 1 atom stereocenters. The number of anilines is 1. The lowest BCUT2D eigenvalue weighted by Crippen LogP contribution is -2.52. The van der Waals surface area contributed by atoms with Crippen molar-refractivity contribution in [3.63, 3.8) is 0 Å². The monoisotopic (exact) mass is 585 g/mol. The summed E-state index contributed by atoms with van der Waals surface area (Å²) in [6.07, 6.45) is 3.76. The minimum atomic E-state index is -4.21. The first-order valence-corrected chi connectivity index (χ1v) is 15.1. The molecule has 0 unspecified atom stereocenters. The highest BCUT2D eigenvalue weighted by Crippen LogP contribution is 2.26. The number of halogens is 2. The number of hydrogen-bond donors (Lipinski definition) is 1. The van der Waals surface area contributed by atoms with E-state index in [0.29, 0.717) is 5.02 Å². The van der Waals surface area contributed by atoms with Crippen LogP contribution in [0.4, 0.5) is 10.1 Å². The molecule has 1 aliphatic rings. The normalized spacial score (nSPS) is 14.5. The van der Waals surface area contributed by atoms with Crippen molar-refractivity contribution < 1.29 is 22.4 Å². The van der Waals surface area contributed by atoms with E-state index in [4.69, 9.17) is 11.6 Å². The minimum absolute atomic E-state index is 0.0226. The van der Waals surface area contributed by atoms with Crippen LogP contribution in [0.1, 0.15) is 43.7 Å². The van der Waals surface area contributed by atoms with Crippen molar-refractivity contribution in [2.45, 2.75) is 63.1 Å². The van der Waals surface area contributed by atoms with Gasteiger partial charge in [-0.3, -0.25) is 13.9 Å². The highest BCUT2D eigenvalue weighted by molar-refractivity contribution is 7.92. The number of rotatable bonds is 10. The van der Waals surface area contributed by atoms with Gasteiger partial charge in [-0.25, -0.2) is 12.8 Å². The van der Waals surface area contributed by atoms with Crippen molar-refractivity contribution in [1.29, 1.82) is 0 Å². The molecule has 0 saturated heterocycles. The van der Waals surface area contributed by atoms with Crippen LogP contribution >= 0.6 is 11.6 Å². The van der Waals surface area contributed by atoms with Gasteiger partial charge in [-0.1, -0.05) is 54.8 Å². The number of nitrogens with zero attached hydrogens (tertiary/aromatic N) is 2. The molecule has 7 nitrogen and oxygen atoms in total. The first kappa shape index (κ1) is 29.6. The Morgan fingerprint density at radius 2 is 1.70 bits per heavy atom. The maximum Gasteiger partial charge on any atom is 0.264 e. The van der Waals surface area contributed by atoms with Crippen molar-refractivity contribution >= 4 is 39.1 Å². The number of carbonyl (C=O) groups is 2. The zero-order valence-corrected chi connectivity index (χ0v) is 24.1. The maximum absolute atomic E-state index is 14.7. The maximum atomic E-state index is 14.7. The molecule has 0 aromatic heterocycles. The number of aryl methyl sites for hydroxylation is 1. The number of sulfonamides is 1. The van der Waals surface area contributed by atoms with Crippen molar-refractivity contribution in [1.82, 2.24) is 10.2 Å². The number of carbonyl (C=O) groups excluding carboxylic acids is 2. The van der Waals surface area contributed by atoms with Gasteiger partial charge in [0, 0.05) is 23.2 Å². The van der Waals surface area contributed by atoms with Crippen LogP contribution in [0.15, 0.2) is 77.7 Å². The zero-order valence-electron chi connectivity index (χ0n) is 22.5. The fourth-order valence-corrected chi connectivity index (χ4v) is 6.36. The molecule has 1 N–H and O–H groups in total. The van der Waals surface area contributed by atoms with E-state index in [1.54, 1.807) is 43.3 Å². The molecule has 2 amide bonds. The summed E-state index contributed by atoms with van der Waals surface area (Å²) in [7, 11) is -4.21. The molecule has 0 aliphatic heterocycles. The van der Waals surface area contributed by atoms with Crippen LogP contribution in [-0.2, 0) is 26.2 Å². The molecule has 0 bridgehead atoms. The second-order valence-electron chi connectivity index (χ2n) is 10.1. The summed E-state index contributed by atoms with van der Waals surface area (Å²) in [5, 5.41) is 3.37. The second kappa shape index (κ2) is 12.8. The SMILES string of the molecule is Cc1cccc(N(CC(=O)N(Cc2ccccc2F)[C@H](C)C(=O)NC2CCCC2)S(=O)(=O)c2ccc(Cl)cc2)c1. The van der Waals surface area contributed by atoms with Gasteiger partial charge in [-0.05, 0) is 74.7 Å². The quantitative estimate of drug-likeness (QED) is 0.342. The van der Waals surface area contributed by atoms with Gasteiger partial charge in [0.15, 0.2) is 0 Å². The van der Waals surface area contributed by atoms with Gasteiger partial charge in [0.2, 0.25) is 11.8 Å². The lowest BCUT2D eigenvalue weighted by Gasteiger charge is -2.32. The highest BCUT2D eigenvalue weighted by atomic mass is 35.5. The molecule has 0 radical (unpaired) electrons. The molecule has 3 aromatic rings. The van der Waals surface area contributed by atoms with Crippen LogP contribution in [0.5, 0.6) is 0 Å². The summed E-state index contributed by atoms with van der Waals surface area (Å²) in [6, 6.07) is 17.5. The Bertz CT molecular complexity index is 1460. The zero-order chi connectivity index (χ0) is 28.9. The summed E-state index contributed by atoms with van der Waals surface area (Å²) in [6.45, 7) is 2.60. The third kappa shape index (κ3) is 7.01. The van der Waals surface area contributed by atoms with Crippen molar-refractivity contribution in [2.24, 2.45) is 0 Å². The van der Waals surface area contributed by atoms with Crippen LogP contribution in [0.3, 0.4) is 0 Å². The Morgan fingerprint density at radius 3 is 2.35 bits per heavy atom. The first-order valence-electron chi connectivity index (χ1n) is 13.2. The largest absolute Gasteiger partial charge is 0.352 e. The summed E-state index contributed by atoms with van der Waals surface area (Å²) in [5.74, 6) is -1.52. The van der Waals surface area contributed by atoms with E-state index in [1.165, 1.54) is 35.2 Å². The second-order valence-corrected chi connectivity index (χ2v) is 12.4. The fraction of sp³-hybridized carbons (Fsp3) is 0.333. The van der Waals surface area contributed by atoms with Gasteiger partial charge in [0.05, 0.1) is 10.6 Å². The Hall–Kier alpha value is -3.43. The first-order chi connectivity index (χ1) is 19.1. The molecular weight excluding hydrogens is 553 g/mol. The molecule has 212 valence electrons. The molecule has 4 rings (SSSR count). The molecular formula is C30H33ClFN3O4S. The average molecular weight is 586 g/mol. The number of nitrogens with one attached hydrogen (secondary N) is 1. The third-order valence-electron chi connectivity index (χ3n) is 7.14. The highest BCUT2D eigenvalue weighted by Gasteiger charge is 2.33. The van der Waals surface area contributed by atoms with Crippen molar-refractivity contribution in [3.8, 4) is 0 Å². The van der Waals surface area contributed by atoms with E-state index in [1.807, 2.05) is 13.0 Å². The predicted octanol–water partition coefficient (Wildman–Crippen LogP) is 5.46. The Labute approximate surface area is 240 Å². The summed E-state index contributed by atoms with van der Waals surface area (Å²) >= 11 is 5.98. The van der Waals surface area contributed by atoms with Gasteiger partial charge in [-0.15, -0.1) is 0 Å². The van der Waals surface area contributed by atoms with E-state index in [-0.39, 0.29) is 34.6 Å². The summed E-state index contributed by atoms with van der Waals surface area (Å²) in [5.41, 5.74) is 1.31. The van der Waals surface area contributed by atoms with E-state index >= 15 is 0 Å². The molecule has 1 aliphatic carbocycles. The fourth-order valence-electron chi connectivity index (χ4n) is 4.83. The van der Waals surface area contributed by atoms with Gasteiger partial charge >= 0.3 is 0 Å². The third-order valence-corrected chi connectivity index (χ3v) is 9.18. The molecule has 40 heavy (non-hydrogen) atoms. The lowest BCUT2D eigenvalue weighted by molar-refractivity contribution is -0.139. The summed E-state index contributed by atoms with van der Waals surface area (Å²) < 4.78 is 43.3. The Balaban J connectivity index is 1.69. The van der Waals surface area contributed by atoms with E-state index in [0.717, 1.165) is 35.6 Å². The number of hydrogen-bond acceptors (Lipinski definition) is 4. The molecule has 10 heteroatoms. The topological polar surface area (TPSA) is 86.8 Å². The molecule has 1 fully saturated rings. The average Bonchev–Trinajstić information content (AvgIpc) is 3.44. The van der Waals surface area contributed by atoms with Gasteiger partial charge in [-0.2, -0.15) is 0 Å². The standard InChI is InChI=1S/C30H33ClFN3O4S/c1-21-8-7-12-26(18-21)35(40(38,39)27-16-14-24(31)15-17-27)20-29(36)34(19-23-9-3-6-13-28(23)32)22(2)30(37)33-25-10-4-5-11-25/h3,6-9,12-18,22,25H,4-5,10-11,19-20H2,1-2H3,(H,33,37)/t22-/m1/s1. The summed E-state index contributed by atoms with van der Waals surface area (Å²) in [4.78, 5) is 28.4. The van der Waals surface area contributed by atoms with Gasteiger partial charge in [0.25, 0.3) is 10.0 Å². The lowest BCUT2D eigenvalue weighted by atomic mass is 10.1. The predicted molar refractivity (Wildman–Crippen MR) is 154 cm³/mol. The molecule has 1 saturated carbocycles. The van der Waals surface area contributed by atoms with Gasteiger partial charge in [0.1, 0.15) is 18.4 Å². The van der Waals surface area contributed by atoms with E-state index in [2.05, 4.69) is 5.32 Å². The van der Waals surface area contributed by atoms with Crippen LogP contribution in [0.2, 0.25) is 5.02 Å². The van der Waals surface area contributed by atoms with Crippen molar-refractivity contribution in [3.05, 3.63) is 94.8 Å². The van der Waals surface area contributed by atoms with Crippen LogP contribution in [0, 0.1) is 12.7 Å². The number of benzene rings is 3. The Morgan fingerprint density at radius 1 is 1.02 bits per heavy atom. The molecule has 3 aromatic carbocycles. The smallest absolute Gasteiger partial charge is 0.264 e. The van der Waals surface area contributed by atoms with Crippen LogP contribution in [-0.4, -0.2) is 43.8 Å². The van der Waals surface area contributed by atoms with Crippen LogP contribution < -0.4 is 9.62 Å². The van der Waals surface area contributed by atoms with Crippen molar-refractivity contribution in [2.75, 3.05) is 10.8 Å². The molecule has 0 spiro atoms. The van der Waals surface area contributed by atoms with E-state index < -0.39 is 34.3 Å². The van der Waals surface area contributed by atoms with Crippen LogP contribution in [0.25, 0.3) is 0 Å². The van der Waals surface area contributed by atoms with Gasteiger partial charge < -0.3 is 10.2 Å². The molecule has 0 heterocycles. The van der Waals surface area contributed by atoms with E-state index in [9.17, 15) is 22.4 Å². The minimum Gasteiger partial charge on any atom is -0.352 e. The Kier molecular flexibility index (Phi) is 9.48. The number of amides is 2.